The number of ether oxygens (including phenoxy) is 1. The maximum atomic E-state index is 12.4. The van der Waals surface area contributed by atoms with Gasteiger partial charge in [-0.15, -0.1) is 0 Å². The number of hydrogen-bond acceptors (Lipinski definition) is 3. The van der Waals surface area contributed by atoms with Gasteiger partial charge in [-0.3, -0.25) is 4.57 Å². The number of imidazole rings is 1. The topological polar surface area (TPSA) is 39.1 Å². The van der Waals surface area contributed by atoms with Crippen molar-refractivity contribution in [1.29, 1.82) is 0 Å². The lowest BCUT2D eigenvalue weighted by molar-refractivity contribution is -0.0498. The van der Waals surface area contributed by atoms with Gasteiger partial charge in [0.25, 0.3) is 0 Å². The fraction of sp³-hybridized carbons (Fsp3) is 0.0870. The Morgan fingerprint density at radius 2 is 1.70 bits per heavy atom. The predicted octanol–water partition coefficient (Wildman–Crippen LogP) is 6.46. The maximum absolute atomic E-state index is 12.4. The van der Waals surface area contributed by atoms with E-state index in [2.05, 4.69) is 54.8 Å². The van der Waals surface area contributed by atoms with E-state index in [9.17, 15) is 8.78 Å². The molecule has 30 heavy (non-hydrogen) atoms. The van der Waals surface area contributed by atoms with Gasteiger partial charge in [0.05, 0.1) is 17.1 Å². The minimum atomic E-state index is -2.84. The van der Waals surface area contributed by atoms with E-state index in [4.69, 9.17) is 4.98 Å². The molecule has 4 nitrogen and oxygen atoms in total. The molecule has 0 saturated carbocycles. The summed E-state index contributed by atoms with van der Waals surface area (Å²) in [6.45, 7) is -2.84. The summed E-state index contributed by atoms with van der Waals surface area (Å²) in [5, 5.41) is 3.39. The summed E-state index contributed by atoms with van der Waals surface area (Å²) in [6.07, 6.45) is 2.12. The highest BCUT2D eigenvalue weighted by Crippen LogP contribution is 2.37. The van der Waals surface area contributed by atoms with E-state index < -0.39 is 6.61 Å². The average molecular weight is 468 g/mol. The maximum Gasteiger partial charge on any atom is 0.387 e. The van der Waals surface area contributed by atoms with Crippen molar-refractivity contribution in [1.82, 2.24) is 9.55 Å². The van der Waals surface area contributed by atoms with Gasteiger partial charge >= 0.3 is 6.61 Å². The first-order valence-corrected chi connectivity index (χ1v) is 10.1. The van der Waals surface area contributed by atoms with Crippen LogP contribution < -0.4 is 10.1 Å². The van der Waals surface area contributed by atoms with Crippen molar-refractivity contribution in [3.63, 3.8) is 0 Å². The first-order valence-electron chi connectivity index (χ1n) is 9.35. The zero-order valence-corrected chi connectivity index (χ0v) is 17.2. The Kier molecular flexibility index (Phi) is 4.75. The lowest BCUT2D eigenvalue weighted by Gasteiger charge is -2.26. The summed E-state index contributed by atoms with van der Waals surface area (Å²) in [6, 6.07) is 22.7. The van der Waals surface area contributed by atoms with Crippen molar-refractivity contribution >= 4 is 38.6 Å². The Bertz CT molecular complexity index is 1230. The van der Waals surface area contributed by atoms with Gasteiger partial charge in [0.1, 0.15) is 5.75 Å². The summed E-state index contributed by atoms with van der Waals surface area (Å²) < 4.78 is 32.5. The highest BCUT2D eigenvalue weighted by molar-refractivity contribution is 9.10. The molecule has 0 radical (unpaired) electrons. The molecule has 1 aliphatic heterocycles. The highest BCUT2D eigenvalue weighted by Gasteiger charge is 2.25. The number of benzene rings is 3. The van der Waals surface area contributed by atoms with E-state index >= 15 is 0 Å². The third-order valence-electron chi connectivity index (χ3n) is 5.05. The summed E-state index contributed by atoms with van der Waals surface area (Å²) in [7, 11) is 0. The Hall–Kier alpha value is -3.19. The molecule has 7 heteroatoms. The van der Waals surface area contributed by atoms with Crippen LogP contribution in [0.25, 0.3) is 16.7 Å². The number of rotatable bonds is 4. The molecule has 3 aromatic carbocycles. The van der Waals surface area contributed by atoms with Gasteiger partial charge in [-0.2, -0.15) is 8.78 Å². The minimum absolute atomic E-state index is 0.0752. The number of halogens is 3. The number of aromatic nitrogens is 2. The number of hydrogen-bond donors (Lipinski definition) is 1. The number of fused-ring (bicyclic) bond motifs is 3. The Morgan fingerprint density at radius 1 is 0.967 bits per heavy atom. The van der Waals surface area contributed by atoms with E-state index in [-0.39, 0.29) is 11.8 Å². The molecule has 2 heterocycles. The zero-order valence-electron chi connectivity index (χ0n) is 15.6. The quantitative estimate of drug-likeness (QED) is 0.374. The number of allylic oxidation sites excluding steroid dienone is 1. The van der Waals surface area contributed by atoms with Gasteiger partial charge in [0.2, 0.25) is 5.95 Å². The number of alkyl halides is 2. The van der Waals surface area contributed by atoms with Crippen molar-refractivity contribution in [2.45, 2.75) is 12.7 Å². The molecule has 0 aliphatic carbocycles. The molecular weight excluding hydrogens is 452 g/mol. The van der Waals surface area contributed by atoms with Gasteiger partial charge < -0.3 is 10.1 Å². The largest absolute Gasteiger partial charge is 0.435 e. The van der Waals surface area contributed by atoms with Gasteiger partial charge in [-0.1, -0.05) is 40.2 Å². The van der Waals surface area contributed by atoms with E-state index in [0.717, 1.165) is 38.3 Å². The fourth-order valence-corrected chi connectivity index (χ4v) is 3.96. The third-order valence-corrected chi connectivity index (χ3v) is 5.58. The molecule has 0 saturated heterocycles. The molecule has 4 aromatic rings. The molecule has 1 aliphatic rings. The SMILES string of the molecule is FC(F)Oc1ccc(C2=CC(c3ccc(Br)cc3)n3c(nc4ccccc43)N2)cc1. The number of anilines is 1. The number of nitrogens with one attached hydrogen (secondary N) is 1. The smallest absolute Gasteiger partial charge is 0.387 e. The first kappa shape index (κ1) is 18.8. The van der Waals surface area contributed by atoms with E-state index in [1.807, 2.05) is 30.3 Å². The molecule has 0 bridgehead atoms. The lowest BCUT2D eigenvalue weighted by Crippen LogP contribution is -2.19. The summed E-state index contributed by atoms with van der Waals surface area (Å²) in [4.78, 5) is 4.76. The first-order chi connectivity index (χ1) is 14.6. The number of para-hydroxylation sites is 2. The van der Waals surface area contributed by atoms with Crippen LogP contribution in [0.2, 0.25) is 0 Å². The van der Waals surface area contributed by atoms with Crippen molar-refractivity contribution in [3.05, 3.63) is 94.5 Å². The molecule has 0 fully saturated rings. The highest BCUT2D eigenvalue weighted by atomic mass is 79.9. The second kappa shape index (κ2) is 7.57. The van der Waals surface area contributed by atoms with E-state index in [1.54, 1.807) is 12.1 Å². The average Bonchev–Trinajstić information content (AvgIpc) is 3.12. The molecule has 1 aromatic heterocycles. The molecule has 0 spiro atoms. The van der Waals surface area contributed by atoms with Crippen molar-refractivity contribution in [2.75, 3.05) is 5.32 Å². The molecule has 1 N–H and O–H groups in total. The molecule has 1 atom stereocenters. The van der Waals surface area contributed by atoms with Gasteiger partial charge in [-0.05, 0) is 65.7 Å². The van der Waals surface area contributed by atoms with Crippen LogP contribution in [-0.2, 0) is 0 Å². The predicted molar refractivity (Wildman–Crippen MR) is 117 cm³/mol. The summed E-state index contributed by atoms with van der Waals surface area (Å²) >= 11 is 3.49. The van der Waals surface area contributed by atoms with Crippen LogP contribution in [0.4, 0.5) is 14.7 Å². The standard InChI is InChI=1S/C23H16BrF2N3O/c24-16-9-5-15(6-10-16)21-13-19(14-7-11-17(12-8-14)30-22(25)26)28-23-27-18-3-1-2-4-20(18)29(21)23/h1-13,21-22H,(H,27,28). The van der Waals surface area contributed by atoms with Crippen LogP contribution in [0.15, 0.2) is 83.3 Å². The van der Waals surface area contributed by atoms with Gasteiger partial charge in [-0.25, -0.2) is 4.98 Å². The zero-order chi connectivity index (χ0) is 20.7. The van der Waals surface area contributed by atoms with Crippen LogP contribution in [0.3, 0.4) is 0 Å². The van der Waals surface area contributed by atoms with Crippen LogP contribution in [0, 0.1) is 0 Å². The minimum Gasteiger partial charge on any atom is -0.435 e. The van der Waals surface area contributed by atoms with Crippen LogP contribution in [0.5, 0.6) is 5.75 Å². The van der Waals surface area contributed by atoms with Crippen molar-refractivity contribution < 1.29 is 13.5 Å². The molecule has 1 unspecified atom stereocenters. The molecular formula is C23H16BrF2N3O. The van der Waals surface area contributed by atoms with Gasteiger partial charge in [0.15, 0.2) is 0 Å². The Morgan fingerprint density at radius 3 is 2.43 bits per heavy atom. The van der Waals surface area contributed by atoms with E-state index in [1.165, 1.54) is 12.1 Å². The number of nitrogens with zero attached hydrogens (tertiary/aromatic N) is 2. The summed E-state index contributed by atoms with van der Waals surface area (Å²) in [5.41, 5.74) is 4.76. The molecule has 150 valence electrons. The fourth-order valence-electron chi connectivity index (χ4n) is 3.70. The Balaban J connectivity index is 1.60. The monoisotopic (exact) mass is 467 g/mol. The lowest BCUT2D eigenvalue weighted by atomic mass is 10.0. The molecule has 5 rings (SSSR count). The summed E-state index contributed by atoms with van der Waals surface area (Å²) in [5.74, 6) is 0.858. The van der Waals surface area contributed by atoms with Crippen LogP contribution in [-0.4, -0.2) is 16.2 Å². The van der Waals surface area contributed by atoms with Crippen molar-refractivity contribution in [2.24, 2.45) is 0 Å². The van der Waals surface area contributed by atoms with Crippen LogP contribution >= 0.6 is 15.9 Å². The van der Waals surface area contributed by atoms with Crippen LogP contribution in [0.1, 0.15) is 17.2 Å². The normalized spacial score (nSPS) is 15.6. The second-order valence-electron chi connectivity index (χ2n) is 6.90. The second-order valence-corrected chi connectivity index (χ2v) is 7.81. The van der Waals surface area contributed by atoms with E-state index in [0.29, 0.717) is 0 Å². The van der Waals surface area contributed by atoms with Gasteiger partial charge in [0, 0.05) is 10.2 Å². The van der Waals surface area contributed by atoms with Crippen molar-refractivity contribution in [3.8, 4) is 5.75 Å². The third kappa shape index (κ3) is 3.45. The Labute approximate surface area is 179 Å². The molecule has 0 amide bonds.